The molecule has 3 rings (SSSR count). The number of morpholine rings is 1. The molecule has 0 N–H and O–H groups in total. The lowest BCUT2D eigenvalue weighted by Gasteiger charge is -2.35. The molecule has 0 saturated carbocycles. The summed E-state index contributed by atoms with van der Waals surface area (Å²) in [4.78, 5) is 26.1. The molecule has 2 heterocycles. The number of benzene rings is 1. The number of carbonyl (C=O) groups excluding carboxylic acids is 1. The number of carbonyl (C=O) groups is 1. The molecular weight excluding hydrogens is 298 g/mol. The number of ether oxygens (including phenoxy) is 1. The Morgan fingerprint density at radius 3 is 2.52 bits per heavy atom. The number of nitrogens with zero attached hydrogens (tertiary/aromatic N) is 3. The molecule has 1 aromatic heterocycles. The molecule has 0 bridgehead atoms. The van der Waals surface area contributed by atoms with Gasteiger partial charge in [-0.2, -0.15) is 0 Å². The maximum absolute atomic E-state index is 12.5. The Kier molecular flexibility index (Phi) is 4.29. The van der Waals surface area contributed by atoms with Gasteiger partial charge in [0.1, 0.15) is 6.54 Å². The van der Waals surface area contributed by atoms with E-state index in [9.17, 15) is 9.59 Å². The number of hydrogen-bond donors (Lipinski definition) is 0. The third kappa shape index (κ3) is 3.34. The minimum atomic E-state index is -0.633. The van der Waals surface area contributed by atoms with Gasteiger partial charge in [0.05, 0.1) is 12.2 Å². The van der Waals surface area contributed by atoms with Gasteiger partial charge in [0, 0.05) is 18.7 Å². The average molecular weight is 317 g/mol. The second-order valence-corrected chi connectivity index (χ2v) is 5.78. The monoisotopic (exact) mass is 317 g/mol. The Bertz CT molecular complexity index is 727. The highest BCUT2D eigenvalue weighted by atomic mass is 16.5. The highest BCUT2D eigenvalue weighted by Gasteiger charge is 2.27. The van der Waals surface area contributed by atoms with Crippen molar-refractivity contribution in [1.82, 2.24) is 14.6 Å². The van der Waals surface area contributed by atoms with Gasteiger partial charge < -0.3 is 9.64 Å². The topological polar surface area (TPSA) is 77.6 Å². The van der Waals surface area contributed by atoms with Crippen LogP contribution in [0.4, 0.5) is 0 Å². The first-order chi connectivity index (χ1) is 11.0. The number of rotatable bonds is 3. The van der Waals surface area contributed by atoms with Crippen LogP contribution in [-0.2, 0) is 16.1 Å². The second kappa shape index (κ2) is 6.37. The Morgan fingerprint density at radius 1 is 1.22 bits per heavy atom. The first-order valence-electron chi connectivity index (χ1n) is 7.59. The maximum Gasteiger partial charge on any atom is 0.442 e. The molecule has 23 heavy (non-hydrogen) atoms. The third-order valence-electron chi connectivity index (χ3n) is 3.78. The largest absolute Gasteiger partial charge is 0.442 e. The van der Waals surface area contributed by atoms with E-state index in [-0.39, 0.29) is 24.7 Å². The number of amides is 1. The van der Waals surface area contributed by atoms with Gasteiger partial charge in [-0.25, -0.2) is 9.36 Å². The predicted octanol–water partition coefficient (Wildman–Crippen LogP) is 1.14. The first-order valence-corrected chi connectivity index (χ1v) is 7.59. The van der Waals surface area contributed by atoms with Crippen molar-refractivity contribution < 1.29 is 14.1 Å². The number of aromatic nitrogens is 2. The van der Waals surface area contributed by atoms with Crippen molar-refractivity contribution in [3.63, 3.8) is 0 Å². The summed E-state index contributed by atoms with van der Waals surface area (Å²) < 4.78 is 11.6. The molecule has 1 amide bonds. The summed E-state index contributed by atoms with van der Waals surface area (Å²) in [5.41, 5.74) is 0.731. The second-order valence-electron chi connectivity index (χ2n) is 5.78. The van der Waals surface area contributed by atoms with E-state index >= 15 is 0 Å². The quantitative estimate of drug-likeness (QED) is 0.848. The summed E-state index contributed by atoms with van der Waals surface area (Å²) in [5, 5.41) is 3.79. The van der Waals surface area contributed by atoms with E-state index in [4.69, 9.17) is 9.26 Å². The molecule has 122 valence electrons. The van der Waals surface area contributed by atoms with Crippen LogP contribution in [0.15, 0.2) is 39.6 Å². The molecule has 1 aliphatic heterocycles. The van der Waals surface area contributed by atoms with Crippen molar-refractivity contribution in [2.24, 2.45) is 0 Å². The van der Waals surface area contributed by atoms with E-state index in [1.165, 1.54) is 4.57 Å². The van der Waals surface area contributed by atoms with E-state index in [0.29, 0.717) is 18.9 Å². The van der Waals surface area contributed by atoms with Gasteiger partial charge in [0.15, 0.2) is 5.82 Å². The van der Waals surface area contributed by atoms with Gasteiger partial charge in [-0.3, -0.25) is 9.32 Å². The van der Waals surface area contributed by atoms with Crippen molar-refractivity contribution in [1.29, 1.82) is 0 Å². The molecule has 2 atom stereocenters. The smallest absolute Gasteiger partial charge is 0.372 e. The summed E-state index contributed by atoms with van der Waals surface area (Å²) in [5.74, 6) is -0.417. The van der Waals surface area contributed by atoms with Gasteiger partial charge in [0.2, 0.25) is 5.91 Å². The molecule has 1 saturated heterocycles. The zero-order valence-electron chi connectivity index (χ0n) is 13.1. The van der Waals surface area contributed by atoms with Crippen molar-refractivity contribution in [3.05, 3.63) is 40.9 Å². The fraction of sp³-hybridized carbons (Fsp3) is 0.438. The van der Waals surface area contributed by atoms with E-state index in [2.05, 4.69) is 5.16 Å². The van der Waals surface area contributed by atoms with Crippen LogP contribution in [0.5, 0.6) is 0 Å². The lowest BCUT2D eigenvalue weighted by atomic mass is 10.2. The van der Waals surface area contributed by atoms with Crippen molar-refractivity contribution in [3.8, 4) is 11.4 Å². The molecule has 0 spiro atoms. The first kappa shape index (κ1) is 15.5. The highest BCUT2D eigenvalue weighted by Crippen LogP contribution is 2.16. The van der Waals surface area contributed by atoms with Gasteiger partial charge in [-0.15, -0.1) is 0 Å². The standard InChI is InChI=1S/C16H19N3O4/c1-11-8-18(9-12(2)22-11)14(20)10-19-15(17-23-16(19)21)13-6-4-3-5-7-13/h3-7,11-12H,8-10H2,1-2H3/t11-,12-/m1/s1. The van der Waals surface area contributed by atoms with Gasteiger partial charge in [0.25, 0.3) is 0 Å². The SMILES string of the molecule is C[C@@H]1CN(C(=O)Cn2c(-c3ccccc3)noc2=O)C[C@@H](C)O1. The molecular formula is C16H19N3O4. The van der Waals surface area contributed by atoms with Gasteiger partial charge >= 0.3 is 5.76 Å². The summed E-state index contributed by atoms with van der Waals surface area (Å²) in [6.45, 7) is 4.80. The van der Waals surface area contributed by atoms with E-state index in [0.717, 1.165) is 5.56 Å². The molecule has 0 unspecified atom stereocenters. The lowest BCUT2D eigenvalue weighted by molar-refractivity contribution is -0.143. The zero-order chi connectivity index (χ0) is 16.4. The normalized spacial score (nSPS) is 21.4. The summed E-state index contributed by atoms with van der Waals surface area (Å²) >= 11 is 0. The van der Waals surface area contributed by atoms with Crippen LogP contribution in [0.2, 0.25) is 0 Å². The average Bonchev–Trinajstić information content (AvgIpc) is 2.88. The lowest BCUT2D eigenvalue weighted by Crippen LogP contribution is -2.49. The van der Waals surface area contributed by atoms with Crippen LogP contribution in [0.1, 0.15) is 13.8 Å². The molecule has 2 aromatic rings. The van der Waals surface area contributed by atoms with E-state index in [1.54, 1.807) is 4.90 Å². The fourth-order valence-electron chi connectivity index (χ4n) is 2.82. The van der Waals surface area contributed by atoms with Crippen LogP contribution >= 0.6 is 0 Å². The van der Waals surface area contributed by atoms with E-state index in [1.807, 2.05) is 44.2 Å². The minimum Gasteiger partial charge on any atom is -0.372 e. The third-order valence-corrected chi connectivity index (χ3v) is 3.78. The molecule has 7 nitrogen and oxygen atoms in total. The molecule has 0 radical (unpaired) electrons. The van der Waals surface area contributed by atoms with Crippen LogP contribution < -0.4 is 5.76 Å². The Labute approximate surface area is 133 Å². The summed E-state index contributed by atoms with van der Waals surface area (Å²) in [6.07, 6.45) is -0.0361. The van der Waals surface area contributed by atoms with Crippen molar-refractivity contribution in [2.75, 3.05) is 13.1 Å². The molecule has 1 fully saturated rings. The predicted molar refractivity (Wildman–Crippen MR) is 82.8 cm³/mol. The minimum absolute atomic E-state index is 0.0181. The van der Waals surface area contributed by atoms with Crippen LogP contribution in [0, 0.1) is 0 Å². The van der Waals surface area contributed by atoms with Gasteiger partial charge in [-0.05, 0) is 13.8 Å². The Morgan fingerprint density at radius 2 is 1.87 bits per heavy atom. The van der Waals surface area contributed by atoms with Crippen LogP contribution in [0.3, 0.4) is 0 Å². The fourth-order valence-corrected chi connectivity index (χ4v) is 2.82. The highest BCUT2D eigenvalue weighted by molar-refractivity contribution is 5.76. The van der Waals surface area contributed by atoms with Crippen LogP contribution in [0.25, 0.3) is 11.4 Å². The van der Waals surface area contributed by atoms with Crippen molar-refractivity contribution >= 4 is 5.91 Å². The van der Waals surface area contributed by atoms with Crippen LogP contribution in [-0.4, -0.2) is 45.8 Å². The molecule has 0 aliphatic carbocycles. The summed E-state index contributed by atoms with van der Waals surface area (Å²) in [7, 11) is 0. The maximum atomic E-state index is 12.5. The van der Waals surface area contributed by atoms with Crippen molar-refractivity contribution in [2.45, 2.75) is 32.6 Å². The molecule has 7 heteroatoms. The number of hydrogen-bond acceptors (Lipinski definition) is 5. The molecule has 1 aliphatic rings. The zero-order valence-corrected chi connectivity index (χ0v) is 13.1. The van der Waals surface area contributed by atoms with E-state index < -0.39 is 5.76 Å². The molecule has 1 aromatic carbocycles. The summed E-state index contributed by atoms with van der Waals surface area (Å²) in [6, 6.07) is 9.18. The van der Waals surface area contributed by atoms with Gasteiger partial charge in [-0.1, -0.05) is 35.5 Å². The Hall–Kier alpha value is -2.41. The Balaban J connectivity index is 1.82.